The van der Waals surface area contributed by atoms with Crippen molar-refractivity contribution in [3.63, 3.8) is 0 Å². The molecule has 0 saturated carbocycles. The molecule has 0 amide bonds. The molecular formula is C56H47N3O2. The zero-order chi connectivity index (χ0) is 42.0. The lowest BCUT2D eigenvalue weighted by Crippen LogP contribution is -2.17. The van der Waals surface area contributed by atoms with Crippen molar-refractivity contribution in [3.8, 4) is 67.5 Å². The molecule has 5 heteroatoms. The van der Waals surface area contributed by atoms with Gasteiger partial charge in [0.25, 0.3) is 0 Å². The molecule has 0 saturated heterocycles. The second kappa shape index (κ2) is 14.5. The van der Waals surface area contributed by atoms with E-state index in [1.165, 1.54) is 0 Å². The molecule has 3 heterocycles. The monoisotopic (exact) mass is 793 g/mol. The van der Waals surface area contributed by atoms with Gasteiger partial charge in [-0.2, -0.15) is 0 Å². The molecule has 10 aromatic rings. The Hall–Kier alpha value is -7.24. The maximum atomic E-state index is 12.6. The number of imidazole rings is 1. The van der Waals surface area contributed by atoms with Crippen LogP contribution in [0.5, 0.6) is 5.75 Å². The van der Waals surface area contributed by atoms with Crippen LogP contribution < -0.4 is 0 Å². The lowest BCUT2D eigenvalue weighted by molar-refractivity contribution is 0.446. The third-order valence-electron chi connectivity index (χ3n) is 11.9. The molecule has 0 spiro atoms. The van der Waals surface area contributed by atoms with Gasteiger partial charge in [0, 0.05) is 44.8 Å². The standard InChI is InChI=1S/C56H47N3O2/c1-55(2,3)38-33-44(53(60)45(34-38)56(4,5)6)54-58-51-39(37-31-43(46-27-15-16-30-57-46)50-42-23-13-14-29-48(42)61-49(50)32-37)24-18-28-47(51)59(54)52-40(35-19-9-7-10-20-35)25-17-26-41(52)36-21-11-8-12-22-36/h7-34,60H,1-6H3. The maximum absolute atomic E-state index is 12.6. The van der Waals surface area contributed by atoms with Gasteiger partial charge in [-0.25, -0.2) is 4.98 Å². The molecule has 3 aromatic heterocycles. The first-order valence-corrected chi connectivity index (χ1v) is 21.0. The van der Waals surface area contributed by atoms with Crippen molar-refractivity contribution in [1.29, 1.82) is 0 Å². The van der Waals surface area contributed by atoms with Gasteiger partial charge in [-0.15, -0.1) is 0 Å². The highest BCUT2D eigenvalue weighted by molar-refractivity contribution is 6.14. The van der Waals surface area contributed by atoms with Crippen LogP contribution >= 0.6 is 0 Å². The summed E-state index contributed by atoms with van der Waals surface area (Å²) in [6, 6.07) is 56.9. The van der Waals surface area contributed by atoms with E-state index in [0.717, 1.165) is 94.4 Å². The van der Waals surface area contributed by atoms with Crippen LogP contribution in [-0.2, 0) is 10.8 Å². The Morgan fingerprint density at radius 2 is 1.16 bits per heavy atom. The summed E-state index contributed by atoms with van der Waals surface area (Å²) >= 11 is 0. The highest BCUT2D eigenvalue weighted by Gasteiger charge is 2.30. The van der Waals surface area contributed by atoms with Gasteiger partial charge in [-0.3, -0.25) is 9.55 Å². The summed E-state index contributed by atoms with van der Waals surface area (Å²) < 4.78 is 8.89. The summed E-state index contributed by atoms with van der Waals surface area (Å²) in [5.74, 6) is 0.894. The largest absolute Gasteiger partial charge is 0.507 e. The molecule has 61 heavy (non-hydrogen) atoms. The number of phenols is 1. The van der Waals surface area contributed by atoms with Crippen LogP contribution in [0.4, 0.5) is 0 Å². The van der Waals surface area contributed by atoms with Crippen molar-refractivity contribution in [3.05, 3.63) is 181 Å². The maximum Gasteiger partial charge on any atom is 0.149 e. The zero-order valence-electron chi connectivity index (χ0n) is 35.4. The minimum Gasteiger partial charge on any atom is -0.507 e. The fourth-order valence-electron chi connectivity index (χ4n) is 8.77. The average Bonchev–Trinajstić information content (AvgIpc) is 3.85. The van der Waals surface area contributed by atoms with Gasteiger partial charge in [0.2, 0.25) is 0 Å². The number of nitrogens with zero attached hydrogens (tertiary/aromatic N) is 3. The number of hydrogen-bond acceptors (Lipinski definition) is 4. The van der Waals surface area contributed by atoms with Gasteiger partial charge in [0.15, 0.2) is 0 Å². The van der Waals surface area contributed by atoms with E-state index in [-0.39, 0.29) is 16.6 Å². The molecule has 0 atom stereocenters. The van der Waals surface area contributed by atoms with Crippen molar-refractivity contribution < 1.29 is 9.52 Å². The predicted molar refractivity (Wildman–Crippen MR) is 252 cm³/mol. The molecule has 10 rings (SSSR count). The van der Waals surface area contributed by atoms with E-state index in [4.69, 9.17) is 14.4 Å². The van der Waals surface area contributed by atoms with E-state index in [1.807, 2.05) is 30.5 Å². The Morgan fingerprint density at radius 1 is 0.525 bits per heavy atom. The van der Waals surface area contributed by atoms with Gasteiger partial charge < -0.3 is 9.52 Å². The first-order chi connectivity index (χ1) is 29.5. The minimum atomic E-state index is -0.344. The Morgan fingerprint density at radius 3 is 1.82 bits per heavy atom. The minimum absolute atomic E-state index is 0.203. The third-order valence-corrected chi connectivity index (χ3v) is 11.9. The molecule has 0 aliphatic rings. The first-order valence-electron chi connectivity index (χ1n) is 21.0. The molecular weight excluding hydrogens is 747 g/mol. The number of para-hydroxylation sites is 3. The number of hydrogen-bond donors (Lipinski definition) is 1. The topological polar surface area (TPSA) is 64.1 Å². The summed E-state index contributed by atoms with van der Waals surface area (Å²) in [7, 11) is 0. The second-order valence-corrected chi connectivity index (χ2v) is 18.0. The number of fused-ring (bicyclic) bond motifs is 4. The van der Waals surface area contributed by atoms with Crippen LogP contribution in [0.3, 0.4) is 0 Å². The van der Waals surface area contributed by atoms with Gasteiger partial charge in [-0.1, -0.05) is 163 Å². The first kappa shape index (κ1) is 38.0. The summed E-state index contributed by atoms with van der Waals surface area (Å²) in [6.45, 7) is 13.1. The van der Waals surface area contributed by atoms with E-state index in [1.54, 1.807) is 0 Å². The van der Waals surface area contributed by atoms with Crippen LogP contribution in [0, 0.1) is 0 Å². The zero-order valence-corrected chi connectivity index (χ0v) is 35.4. The summed E-state index contributed by atoms with van der Waals surface area (Å²) in [6.07, 6.45) is 1.84. The van der Waals surface area contributed by atoms with E-state index in [0.29, 0.717) is 11.4 Å². The molecule has 0 aliphatic heterocycles. The molecule has 0 radical (unpaired) electrons. The number of benzene rings is 7. The van der Waals surface area contributed by atoms with Crippen molar-refractivity contribution in [2.45, 2.75) is 52.4 Å². The van der Waals surface area contributed by atoms with Crippen LogP contribution in [0.2, 0.25) is 0 Å². The van der Waals surface area contributed by atoms with Crippen LogP contribution in [0.1, 0.15) is 52.7 Å². The second-order valence-electron chi connectivity index (χ2n) is 18.0. The molecule has 298 valence electrons. The fourth-order valence-corrected chi connectivity index (χ4v) is 8.77. The smallest absolute Gasteiger partial charge is 0.149 e. The normalized spacial score (nSPS) is 12.2. The SMILES string of the molecule is CC(C)(C)c1cc(-c2nc3c(-c4cc(-c5ccccn5)c5c(c4)oc4ccccc45)cccc3n2-c2c(-c3ccccc3)cccc2-c2ccccc2)c(O)c(C(C)(C)C)c1. The van der Waals surface area contributed by atoms with Gasteiger partial charge in [0.05, 0.1) is 28.0 Å². The third kappa shape index (κ3) is 6.58. The molecule has 7 aromatic carbocycles. The molecule has 1 N–H and O–H groups in total. The highest BCUT2D eigenvalue weighted by atomic mass is 16.3. The molecule has 0 aliphatic carbocycles. The number of rotatable bonds is 6. The number of pyridine rings is 1. The van der Waals surface area contributed by atoms with Gasteiger partial charge in [-0.05, 0) is 75.5 Å². The van der Waals surface area contributed by atoms with Gasteiger partial charge in [0.1, 0.15) is 22.7 Å². The summed E-state index contributed by atoms with van der Waals surface area (Å²) in [4.78, 5) is 10.5. The lowest BCUT2D eigenvalue weighted by atomic mass is 9.79. The van der Waals surface area contributed by atoms with Crippen molar-refractivity contribution in [2.24, 2.45) is 0 Å². The number of aromatic nitrogens is 3. The Balaban J connectivity index is 1.36. The van der Waals surface area contributed by atoms with Gasteiger partial charge >= 0.3 is 0 Å². The predicted octanol–water partition coefficient (Wildman–Crippen LogP) is 15.0. The quantitative estimate of drug-likeness (QED) is 0.182. The number of aromatic hydroxyl groups is 1. The van der Waals surface area contributed by atoms with E-state index in [9.17, 15) is 5.11 Å². The highest BCUT2D eigenvalue weighted by Crippen LogP contribution is 2.48. The fraction of sp³-hybridized carbons (Fsp3) is 0.143. The molecule has 0 bridgehead atoms. The van der Waals surface area contributed by atoms with Crippen LogP contribution in [-0.4, -0.2) is 19.6 Å². The number of phenolic OH excluding ortho intramolecular Hbond substituents is 1. The molecule has 0 unspecified atom stereocenters. The Kier molecular flexibility index (Phi) is 9.03. The lowest BCUT2D eigenvalue weighted by Gasteiger charge is -2.28. The average molecular weight is 794 g/mol. The molecule has 5 nitrogen and oxygen atoms in total. The van der Waals surface area contributed by atoms with E-state index >= 15 is 0 Å². The van der Waals surface area contributed by atoms with E-state index in [2.05, 4.69) is 186 Å². The van der Waals surface area contributed by atoms with Crippen LogP contribution in [0.15, 0.2) is 174 Å². The summed E-state index contributed by atoms with van der Waals surface area (Å²) in [5, 5.41) is 14.7. The summed E-state index contributed by atoms with van der Waals surface area (Å²) in [5.41, 5.74) is 14.5. The van der Waals surface area contributed by atoms with Crippen molar-refractivity contribution >= 4 is 33.0 Å². The molecule has 0 fully saturated rings. The van der Waals surface area contributed by atoms with Crippen molar-refractivity contribution in [1.82, 2.24) is 14.5 Å². The van der Waals surface area contributed by atoms with E-state index < -0.39 is 0 Å². The van der Waals surface area contributed by atoms with Crippen molar-refractivity contribution in [2.75, 3.05) is 0 Å². The Labute approximate surface area is 356 Å². The van der Waals surface area contributed by atoms with Crippen LogP contribution in [0.25, 0.3) is 94.7 Å². The number of furan rings is 1. The Bertz CT molecular complexity index is 3200.